The Balaban J connectivity index is 1.55. The van der Waals surface area contributed by atoms with E-state index in [0.717, 1.165) is 13.1 Å². The standard InChI is InChI=1S/C22H24N6O3S/c1-28-11-8-18(9-12-28)32(30,31)17-6-4-15(5-7-17)19-14-25-21(23)20(27-19)22(29)26-16-3-2-10-24-13-16/h2-7,10,13-14,18H,8-9,11-12H2,1H3,(H2,23,25)(H,26,29). The molecule has 0 aliphatic carbocycles. The zero-order valence-corrected chi connectivity index (χ0v) is 18.4. The smallest absolute Gasteiger partial charge is 0.278 e. The number of carbonyl (C=O) groups is 1. The molecule has 10 heteroatoms. The molecule has 0 unspecified atom stereocenters. The molecule has 3 heterocycles. The Hall–Kier alpha value is -3.37. The monoisotopic (exact) mass is 452 g/mol. The molecule has 1 aliphatic rings. The summed E-state index contributed by atoms with van der Waals surface area (Å²) in [5.41, 5.74) is 7.40. The van der Waals surface area contributed by atoms with Crippen molar-refractivity contribution >= 4 is 27.2 Å². The number of aromatic nitrogens is 3. The number of anilines is 2. The number of hydrogen-bond acceptors (Lipinski definition) is 8. The second-order valence-electron chi connectivity index (χ2n) is 7.76. The summed E-state index contributed by atoms with van der Waals surface area (Å²) in [6, 6.07) is 9.90. The molecule has 1 saturated heterocycles. The zero-order valence-electron chi connectivity index (χ0n) is 17.6. The van der Waals surface area contributed by atoms with Crippen LogP contribution in [0.4, 0.5) is 11.5 Å². The number of nitrogen functional groups attached to an aromatic ring is 1. The van der Waals surface area contributed by atoms with Crippen molar-refractivity contribution in [1.82, 2.24) is 19.9 Å². The molecular weight excluding hydrogens is 428 g/mol. The van der Waals surface area contributed by atoms with Crippen LogP contribution in [0, 0.1) is 0 Å². The van der Waals surface area contributed by atoms with Crippen molar-refractivity contribution in [1.29, 1.82) is 0 Å². The number of rotatable bonds is 5. The number of hydrogen-bond donors (Lipinski definition) is 2. The minimum atomic E-state index is -3.40. The fourth-order valence-corrected chi connectivity index (χ4v) is 5.37. The average Bonchev–Trinajstić information content (AvgIpc) is 2.80. The minimum absolute atomic E-state index is 0.00314. The molecule has 1 fully saturated rings. The maximum Gasteiger partial charge on any atom is 0.278 e. The number of piperidine rings is 1. The number of nitrogens with zero attached hydrogens (tertiary/aromatic N) is 4. The maximum atomic E-state index is 13.0. The lowest BCUT2D eigenvalue weighted by Crippen LogP contribution is -2.37. The lowest BCUT2D eigenvalue weighted by atomic mass is 10.1. The van der Waals surface area contributed by atoms with Gasteiger partial charge in [0.1, 0.15) is 0 Å². The second-order valence-corrected chi connectivity index (χ2v) is 9.99. The summed E-state index contributed by atoms with van der Waals surface area (Å²) >= 11 is 0. The summed E-state index contributed by atoms with van der Waals surface area (Å²) in [5.74, 6) is -0.511. The van der Waals surface area contributed by atoms with Crippen LogP contribution in [0.15, 0.2) is 59.9 Å². The topological polar surface area (TPSA) is 131 Å². The number of nitrogens with two attached hydrogens (primary N) is 1. The second kappa shape index (κ2) is 9.01. The third-order valence-electron chi connectivity index (χ3n) is 5.52. The van der Waals surface area contributed by atoms with Crippen molar-refractivity contribution in [3.8, 4) is 11.3 Å². The lowest BCUT2D eigenvalue weighted by Gasteiger charge is -2.28. The van der Waals surface area contributed by atoms with E-state index in [-0.39, 0.29) is 21.7 Å². The van der Waals surface area contributed by atoms with Gasteiger partial charge in [-0.25, -0.2) is 18.4 Å². The van der Waals surface area contributed by atoms with Gasteiger partial charge in [-0.2, -0.15) is 0 Å². The quantitative estimate of drug-likeness (QED) is 0.603. The van der Waals surface area contributed by atoms with Gasteiger partial charge in [0, 0.05) is 11.8 Å². The van der Waals surface area contributed by atoms with E-state index in [2.05, 4.69) is 25.2 Å². The van der Waals surface area contributed by atoms with Crippen LogP contribution in [-0.4, -0.2) is 59.6 Å². The van der Waals surface area contributed by atoms with Gasteiger partial charge in [-0.05, 0) is 57.2 Å². The first-order valence-electron chi connectivity index (χ1n) is 10.2. The highest BCUT2D eigenvalue weighted by Gasteiger charge is 2.30. The normalized spacial score (nSPS) is 15.4. The molecule has 1 amide bonds. The summed E-state index contributed by atoms with van der Waals surface area (Å²) in [6.45, 7) is 1.54. The maximum absolute atomic E-state index is 13.0. The fraction of sp³-hybridized carbons (Fsp3) is 0.273. The summed E-state index contributed by atoms with van der Waals surface area (Å²) in [4.78, 5) is 27.4. The Morgan fingerprint density at radius 2 is 1.84 bits per heavy atom. The summed E-state index contributed by atoms with van der Waals surface area (Å²) in [5, 5.41) is 2.31. The molecule has 1 aliphatic heterocycles. The molecule has 3 aromatic rings. The third-order valence-corrected chi connectivity index (χ3v) is 7.80. The Labute approximate surface area is 186 Å². The summed E-state index contributed by atoms with van der Waals surface area (Å²) in [7, 11) is -1.40. The van der Waals surface area contributed by atoms with Gasteiger partial charge in [-0.3, -0.25) is 9.78 Å². The first-order valence-corrected chi connectivity index (χ1v) is 11.8. The number of amides is 1. The van der Waals surface area contributed by atoms with E-state index >= 15 is 0 Å². The molecule has 0 spiro atoms. The largest absolute Gasteiger partial charge is 0.382 e. The van der Waals surface area contributed by atoms with Crippen LogP contribution in [-0.2, 0) is 9.84 Å². The van der Waals surface area contributed by atoms with E-state index in [1.54, 1.807) is 42.6 Å². The molecule has 166 valence electrons. The lowest BCUT2D eigenvalue weighted by molar-refractivity contribution is 0.102. The fourth-order valence-electron chi connectivity index (χ4n) is 3.63. The Kier molecular flexibility index (Phi) is 6.15. The average molecular weight is 453 g/mol. The predicted molar refractivity (Wildman–Crippen MR) is 122 cm³/mol. The van der Waals surface area contributed by atoms with Crippen LogP contribution >= 0.6 is 0 Å². The SMILES string of the molecule is CN1CCC(S(=O)(=O)c2ccc(-c3cnc(N)c(C(=O)Nc4cccnc4)n3)cc2)CC1. The molecule has 1 aromatic carbocycles. The highest BCUT2D eigenvalue weighted by Crippen LogP contribution is 2.27. The van der Waals surface area contributed by atoms with Crippen LogP contribution in [0.3, 0.4) is 0 Å². The van der Waals surface area contributed by atoms with E-state index in [9.17, 15) is 13.2 Å². The van der Waals surface area contributed by atoms with Crippen molar-refractivity contribution in [3.05, 3.63) is 60.7 Å². The van der Waals surface area contributed by atoms with Gasteiger partial charge in [0.2, 0.25) is 0 Å². The Morgan fingerprint density at radius 1 is 1.12 bits per heavy atom. The molecule has 4 rings (SSSR count). The van der Waals surface area contributed by atoms with Crippen molar-refractivity contribution < 1.29 is 13.2 Å². The molecule has 0 atom stereocenters. The van der Waals surface area contributed by atoms with Crippen molar-refractivity contribution in [2.24, 2.45) is 0 Å². The highest BCUT2D eigenvalue weighted by atomic mass is 32.2. The molecule has 32 heavy (non-hydrogen) atoms. The number of benzene rings is 1. The van der Waals surface area contributed by atoms with Crippen molar-refractivity contribution in [2.45, 2.75) is 23.0 Å². The number of nitrogens with one attached hydrogen (secondary N) is 1. The number of likely N-dealkylation sites (tertiary alicyclic amines) is 1. The van der Waals surface area contributed by atoms with Gasteiger partial charge in [0.05, 0.1) is 33.9 Å². The van der Waals surface area contributed by atoms with Crippen LogP contribution in [0.2, 0.25) is 0 Å². The number of pyridine rings is 1. The van der Waals surface area contributed by atoms with Gasteiger partial charge in [0.15, 0.2) is 21.3 Å². The van der Waals surface area contributed by atoms with Gasteiger partial charge >= 0.3 is 0 Å². The molecule has 0 bridgehead atoms. The highest BCUT2D eigenvalue weighted by molar-refractivity contribution is 7.92. The number of sulfone groups is 1. The van der Waals surface area contributed by atoms with E-state index < -0.39 is 15.7 Å². The third kappa shape index (κ3) is 4.61. The Morgan fingerprint density at radius 3 is 2.50 bits per heavy atom. The molecule has 3 N–H and O–H groups in total. The summed E-state index contributed by atoms with van der Waals surface area (Å²) < 4.78 is 26.0. The number of carbonyl (C=O) groups excluding carboxylic acids is 1. The summed E-state index contributed by atoms with van der Waals surface area (Å²) in [6.07, 6.45) is 5.81. The van der Waals surface area contributed by atoms with Crippen LogP contribution in [0.25, 0.3) is 11.3 Å². The van der Waals surface area contributed by atoms with Gasteiger partial charge in [0.25, 0.3) is 5.91 Å². The van der Waals surface area contributed by atoms with E-state index in [4.69, 9.17) is 5.73 Å². The van der Waals surface area contributed by atoms with Crippen LogP contribution < -0.4 is 11.1 Å². The molecular formula is C22H24N6O3S. The zero-order chi connectivity index (χ0) is 22.7. The van der Waals surface area contributed by atoms with E-state index in [1.165, 1.54) is 12.4 Å². The van der Waals surface area contributed by atoms with Crippen LogP contribution in [0.1, 0.15) is 23.3 Å². The van der Waals surface area contributed by atoms with Gasteiger partial charge in [-0.15, -0.1) is 0 Å². The van der Waals surface area contributed by atoms with Crippen molar-refractivity contribution in [3.63, 3.8) is 0 Å². The van der Waals surface area contributed by atoms with Gasteiger partial charge in [-0.1, -0.05) is 12.1 Å². The van der Waals surface area contributed by atoms with Crippen molar-refractivity contribution in [2.75, 3.05) is 31.2 Å². The predicted octanol–water partition coefficient (Wildman–Crippen LogP) is 2.24. The van der Waals surface area contributed by atoms with E-state index in [0.29, 0.717) is 29.8 Å². The Bertz CT molecular complexity index is 1210. The first-order chi connectivity index (χ1) is 15.3. The van der Waals surface area contributed by atoms with E-state index in [1.807, 2.05) is 7.05 Å². The molecule has 0 radical (unpaired) electrons. The van der Waals surface area contributed by atoms with Crippen LogP contribution in [0.5, 0.6) is 0 Å². The van der Waals surface area contributed by atoms with Gasteiger partial charge < -0.3 is 16.0 Å². The molecule has 0 saturated carbocycles. The molecule has 9 nitrogen and oxygen atoms in total. The molecule has 2 aromatic heterocycles. The minimum Gasteiger partial charge on any atom is -0.382 e. The first kappa shape index (κ1) is 21.8.